The Kier molecular flexibility index (Phi) is 6.83. The summed E-state index contributed by atoms with van der Waals surface area (Å²) in [5.74, 6) is 1.08. The number of hydrogen-bond acceptors (Lipinski definition) is 3. The van der Waals surface area contributed by atoms with Crippen molar-refractivity contribution in [2.45, 2.75) is 13.5 Å². The maximum absolute atomic E-state index is 11.2. The van der Waals surface area contributed by atoms with Gasteiger partial charge in [0, 0.05) is 19.2 Å². The van der Waals surface area contributed by atoms with Crippen LogP contribution < -0.4 is 21.1 Å². The van der Waals surface area contributed by atoms with Crippen molar-refractivity contribution in [3.63, 3.8) is 0 Å². The number of rotatable bonds is 7. The van der Waals surface area contributed by atoms with Crippen LogP contribution in [-0.4, -0.2) is 32.1 Å². The highest BCUT2D eigenvalue weighted by molar-refractivity contribution is 5.92. The minimum Gasteiger partial charge on any atom is -0.492 e. The minimum atomic E-state index is -0.433. The van der Waals surface area contributed by atoms with Gasteiger partial charge in [0.2, 0.25) is 5.91 Å². The van der Waals surface area contributed by atoms with Gasteiger partial charge in [-0.1, -0.05) is 29.8 Å². The van der Waals surface area contributed by atoms with Gasteiger partial charge in [-0.3, -0.25) is 9.79 Å². The first kappa shape index (κ1) is 18.3. The number of nitrogens with two attached hydrogens (primary N) is 1. The van der Waals surface area contributed by atoms with Gasteiger partial charge in [0.15, 0.2) is 5.96 Å². The number of benzene rings is 2. The third-order valence-corrected chi connectivity index (χ3v) is 3.58. The van der Waals surface area contributed by atoms with Crippen molar-refractivity contribution >= 4 is 11.9 Å². The van der Waals surface area contributed by atoms with Gasteiger partial charge in [0.05, 0.1) is 6.54 Å². The molecule has 0 spiro atoms. The largest absolute Gasteiger partial charge is 0.492 e. The number of amides is 1. The fourth-order valence-electron chi connectivity index (χ4n) is 2.21. The highest BCUT2D eigenvalue weighted by Crippen LogP contribution is 2.10. The summed E-state index contributed by atoms with van der Waals surface area (Å²) in [6, 6.07) is 15.1. The Bertz CT molecular complexity index is 726. The average molecular weight is 340 g/mol. The van der Waals surface area contributed by atoms with Crippen LogP contribution in [0, 0.1) is 6.92 Å². The number of primary amides is 1. The summed E-state index contributed by atoms with van der Waals surface area (Å²) in [5.41, 5.74) is 7.94. The van der Waals surface area contributed by atoms with Crippen molar-refractivity contribution in [1.82, 2.24) is 10.6 Å². The molecule has 2 aromatic rings. The second kappa shape index (κ2) is 9.32. The molecule has 2 aromatic carbocycles. The van der Waals surface area contributed by atoms with Gasteiger partial charge in [-0.05, 0) is 36.8 Å². The van der Waals surface area contributed by atoms with Crippen LogP contribution in [0.25, 0.3) is 0 Å². The zero-order chi connectivity index (χ0) is 18.1. The summed E-state index contributed by atoms with van der Waals surface area (Å²) >= 11 is 0. The van der Waals surface area contributed by atoms with E-state index in [1.54, 1.807) is 19.2 Å². The molecule has 2 rings (SSSR count). The summed E-state index contributed by atoms with van der Waals surface area (Å²) in [4.78, 5) is 15.4. The minimum absolute atomic E-state index is 0.433. The molecular formula is C19H24N4O2. The second-order valence-corrected chi connectivity index (χ2v) is 5.58. The average Bonchev–Trinajstić information content (AvgIpc) is 2.63. The molecule has 4 N–H and O–H groups in total. The number of aryl methyl sites for hydroxylation is 1. The zero-order valence-electron chi connectivity index (χ0n) is 14.6. The van der Waals surface area contributed by atoms with E-state index in [-0.39, 0.29) is 0 Å². The van der Waals surface area contributed by atoms with E-state index in [1.807, 2.05) is 43.3 Å². The first-order valence-corrected chi connectivity index (χ1v) is 8.11. The molecule has 0 fully saturated rings. The summed E-state index contributed by atoms with van der Waals surface area (Å²) in [7, 11) is 1.70. The Balaban J connectivity index is 1.74. The molecule has 0 aromatic heterocycles. The SMILES string of the molecule is CN=C(NCCOc1ccc(C)cc1)NCc1cccc(C(N)=O)c1. The third kappa shape index (κ3) is 6.18. The van der Waals surface area contributed by atoms with Gasteiger partial charge >= 0.3 is 0 Å². The smallest absolute Gasteiger partial charge is 0.248 e. The van der Waals surface area contributed by atoms with Crippen molar-refractivity contribution in [1.29, 1.82) is 0 Å². The molecule has 0 atom stereocenters. The van der Waals surface area contributed by atoms with Gasteiger partial charge in [0.1, 0.15) is 12.4 Å². The fourth-order valence-corrected chi connectivity index (χ4v) is 2.21. The molecule has 0 aliphatic heterocycles. The molecule has 25 heavy (non-hydrogen) atoms. The molecule has 6 nitrogen and oxygen atoms in total. The standard InChI is InChI=1S/C19H24N4O2/c1-14-6-8-17(9-7-14)25-11-10-22-19(21-2)23-13-15-4-3-5-16(12-15)18(20)24/h3-9,12H,10-11,13H2,1-2H3,(H2,20,24)(H2,21,22,23). The lowest BCUT2D eigenvalue weighted by atomic mass is 10.1. The number of ether oxygens (including phenoxy) is 1. The number of carbonyl (C=O) groups excluding carboxylic acids is 1. The first-order valence-electron chi connectivity index (χ1n) is 8.11. The molecule has 0 aliphatic rings. The zero-order valence-corrected chi connectivity index (χ0v) is 14.6. The summed E-state index contributed by atoms with van der Waals surface area (Å²) in [6.45, 7) is 3.73. The fraction of sp³-hybridized carbons (Fsp3) is 0.263. The Morgan fingerprint density at radius 3 is 2.60 bits per heavy atom. The normalized spacial score (nSPS) is 11.0. The van der Waals surface area contributed by atoms with Crippen LogP contribution in [0.15, 0.2) is 53.5 Å². The highest BCUT2D eigenvalue weighted by atomic mass is 16.5. The predicted molar refractivity (Wildman–Crippen MR) is 99.8 cm³/mol. The molecule has 0 radical (unpaired) electrons. The lowest BCUT2D eigenvalue weighted by molar-refractivity contribution is 0.1000. The summed E-state index contributed by atoms with van der Waals surface area (Å²) in [6.07, 6.45) is 0. The van der Waals surface area contributed by atoms with Crippen LogP contribution in [0.5, 0.6) is 5.75 Å². The van der Waals surface area contributed by atoms with E-state index < -0.39 is 5.91 Å². The van der Waals surface area contributed by atoms with Crippen molar-refractivity contribution < 1.29 is 9.53 Å². The van der Waals surface area contributed by atoms with Gasteiger partial charge in [0.25, 0.3) is 0 Å². The van der Waals surface area contributed by atoms with E-state index in [0.29, 0.717) is 31.2 Å². The molecule has 0 saturated carbocycles. The Labute approximate surface area is 148 Å². The number of carbonyl (C=O) groups is 1. The molecule has 6 heteroatoms. The van der Waals surface area contributed by atoms with Crippen molar-refractivity contribution in [3.8, 4) is 5.75 Å². The molecule has 132 valence electrons. The molecule has 0 aliphatic carbocycles. The Morgan fingerprint density at radius 1 is 1.16 bits per heavy atom. The van der Waals surface area contributed by atoms with Crippen LogP contribution >= 0.6 is 0 Å². The Hall–Kier alpha value is -3.02. The molecule has 0 heterocycles. The summed E-state index contributed by atoms with van der Waals surface area (Å²) in [5, 5.41) is 6.37. The van der Waals surface area contributed by atoms with Crippen LogP contribution in [-0.2, 0) is 6.54 Å². The third-order valence-electron chi connectivity index (χ3n) is 3.58. The second-order valence-electron chi connectivity index (χ2n) is 5.58. The molecule has 0 unspecified atom stereocenters. The number of nitrogens with one attached hydrogen (secondary N) is 2. The maximum atomic E-state index is 11.2. The van der Waals surface area contributed by atoms with E-state index in [1.165, 1.54) is 5.56 Å². The van der Waals surface area contributed by atoms with Crippen LogP contribution in [0.1, 0.15) is 21.5 Å². The quantitative estimate of drug-likeness (QED) is 0.408. The molecule has 0 bridgehead atoms. The van der Waals surface area contributed by atoms with Crippen molar-refractivity contribution in [2.75, 3.05) is 20.2 Å². The lowest BCUT2D eigenvalue weighted by Crippen LogP contribution is -2.38. The topological polar surface area (TPSA) is 88.7 Å². The monoisotopic (exact) mass is 340 g/mol. The van der Waals surface area contributed by atoms with Crippen LogP contribution in [0.3, 0.4) is 0 Å². The maximum Gasteiger partial charge on any atom is 0.248 e. The first-order chi connectivity index (χ1) is 12.1. The number of guanidine groups is 1. The van der Waals surface area contributed by atoms with Gasteiger partial charge in [-0.15, -0.1) is 0 Å². The van der Waals surface area contributed by atoms with E-state index in [4.69, 9.17) is 10.5 Å². The highest BCUT2D eigenvalue weighted by Gasteiger charge is 2.03. The van der Waals surface area contributed by atoms with Crippen LogP contribution in [0.4, 0.5) is 0 Å². The van der Waals surface area contributed by atoms with E-state index in [9.17, 15) is 4.79 Å². The lowest BCUT2D eigenvalue weighted by Gasteiger charge is -2.13. The van der Waals surface area contributed by atoms with Crippen LogP contribution in [0.2, 0.25) is 0 Å². The van der Waals surface area contributed by atoms with E-state index >= 15 is 0 Å². The number of nitrogens with zero attached hydrogens (tertiary/aromatic N) is 1. The predicted octanol–water partition coefficient (Wildman–Crippen LogP) is 1.84. The summed E-state index contributed by atoms with van der Waals surface area (Å²) < 4.78 is 5.66. The van der Waals surface area contributed by atoms with E-state index in [2.05, 4.69) is 15.6 Å². The molecule has 0 saturated heterocycles. The van der Waals surface area contributed by atoms with Gasteiger partial charge in [-0.25, -0.2) is 0 Å². The van der Waals surface area contributed by atoms with Gasteiger partial charge in [-0.2, -0.15) is 0 Å². The Morgan fingerprint density at radius 2 is 1.92 bits per heavy atom. The molecule has 1 amide bonds. The van der Waals surface area contributed by atoms with E-state index in [0.717, 1.165) is 11.3 Å². The van der Waals surface area contributed by atoms with Crippen molar-refractivity contribution in [3.05, 3.63) is 65.2 Å². The van der Waals surface area contributed by atoms with Gasteiger partial charge < -0.3 is 21.1 Å². The number of aliphatic imine (C=N–C) groups is 1. The van der Waals surface area contributed by atoms with Crippen molar-refractivity contribution in [2.24, 2.45) is 10.7 Å². The molecular weight excluding hydrogens is 316 g/mol. The number of hydrogen-bond donors (Lipinski definition) is 3.